The van der Waals surface area contributed by atoms with Crippen LogP contribution in [0.25, 0.3) is 0 Å². The van der Waals surface area contributed by atoms with E-state index < -0.39 is 17.7 Å². The summed E-state index contributed by atoms with van der Waals surface area (Å²) >= 11 is 0. The summed E-state index contributed by atoms with van der Waals surface area (Å²) in [4.78, 5) is 0. The fourth-order valence-electron chi connectivity index (χ4n) is 1.78. The number of aliphatic hydroxyl groups is 1. The summed E-state index contributed by atoms with van der Waals surface area (Å²) in [6.45, 7) is 1.39. The summed E-state index contributed by atoms with van der Waals surface area (Å²) < 4.78 is 32.7. The van der Waals surface area contributed by atoms with Crippen molar-refractivity contribution in [3.63, 3.8) is 0 Å². The summed E-state index contributed by atoms with van der Waals surface area (Å²) in [5, 5.41) is 18.2. The first kappa shape index (κ1) is 14.0. The first-order chi connectivity index (χ1) is 9.52. The molecule has 0 radical (unpaired) electrons. The minimum Gasteiger partial charge on any atom is -0.454 e. The fraction of sp³-hybridized carbons (Fsp3) is 0.133. The quantitative estimate of drug-likeness (QED) is 0.929. The molecule has 1 N–H and O–H groups in total. The van der Waals surface area contributed by atoms with Gasteiger partial charge in [-0.3, -0.25) is 0 Å². The van der Waals surface area contributed by atoms with Crippen LogP contribution in [0.1, 0.15) is 24.2 Å². The molecule has 0 aliphatic carbocycles. The molecular weight excluding hydrogens is 264 g/mol. The van der Waals surface area contributed by atoms with Gasteiger partial charge in [0.05, 0.1) is 23.3 Å². The van der Waals surface area contributed by atoms with E-state index in [1.165, 1.54) is 37.3 Å². The Bertz CT molecular complexity index is 678. The van der Waals surface area contributed by atoms with Gasteiger partial charge in [0.1, 0.15) is 11.6 Å². The average molecular weight is 275 g/mol. The lowest BCUT2D eigenvalue weighted by molar-refractivity contribution is 0.190. The molecule has 0 aromatic heterocycles. The van der Waals surface area contributed by atoms with Crippen LogP contribution in [-0.4, -0.2) is 5.11 Å². The highest BCUT2D eigenvalue weighted by atomic mass is 19.1. The Morgan fingerprint density at radius 1 is 1.15 bits per heavy atom. The van der Waals surface area contributed by atoms with E-state index in [9.17, 15) is 13.9 Å². The molecule has 3 nitrogen and oxygen atoms in total. The molecule has 2 rings (SSSR count). The van der Waals surface area contributed by atoms with Crippen molar-refractivity contribution in [2.24, 2.45) is 0 Å². The molecule has 2 aromatic rings. The second kappa shape index (κ2) is 5.68. The zero-order valence-corrected chi connectivity index (χ0v) is 10.6. The van der Waals surface area contributed by atoms with Crippen molar-refractivity contribution in [3.8, 4) is 17.6 Å². The van der Waals surface area contributed by atoms with Gasteiger partial charge >= 0.3 is 0 Å². The molecule has 0 bridgehead atoms. The van der Waals surface area contributed by atoms with Crippen LogP contribution in [-0.2, 0) is 0 Å². The first-order valence-electron chi connectivity index (χ1n) is 5.87. The van der Waals surface area contributed by atoms with Crippen molar-refractivity contribution >= 4 is 0 Å². The van der Waals surface area contributed by atoms with Crippen LogP contribution < -0.4 is 4.74 Å². The van der Waals surface area contributed by atoms with E-state index in [4.69, 9.17) is 10.00 Å². The lowest BCUT2D eigenvalue weighted by atomic mass is 10.1. The van der Waals surface area contributed by atoms with E-state index in [1.54, 1.807) is 6.07 Å². The molecule has 102 valence electrons. The molecule has 2 aromatic carbocycles. The Hall–Kier alpha value is -2.45. The van der Waals surface area contributed by atoms with E-state index in [0.717, 1.165) is 6.07 Å². The van der Waals surface area contributed by atoms with Crippen LogP contribution >= 0.6 is 0 Å². The van der Waals surface area contributed by atoms with Crippen LogP contribution in [0.15, 0.2) is 36.4 Å². The van der Waals surface area contributed by atoms with E-state index in [1.807, 2.05) is 0 Å². The van der Waals surface area contributed by atoms with Gasteiger partial charge in [0, 0.05) is 0 Å². The van der Waals surface area contributed by atoms with Crippen molar-refractivity contribution in [2.75, 3.05) is 0 Å². The number of ether oxygens (including phenoxy) is 1. The highest BCUT2D eigenvalue weighted by Gasteiger charge is 2.16. The minimum absolute atomic E-state index is 0.0311. The van der Waals surface area contributed by atoms with Crippen LogP contribution in [0.4, 0.5) is 8.78 Å². The maximum atomic E-state index is 13.7. The Kier molecular flexibility index (Phi) is 3.97. The first-order valence-corrected chi connectivity index (χ1v) is 5.87. The topological polar surface area (TPSA) is 53.2 Å². The van der Waals surface area contributed by atoms with Gasteiger partial charge in [0.15, 0.2) is 11.6 Å². The maximum absolute atomic E-state index is 13.7. The third-order valence-corrected chi connectivity index (χ3v) is 2.71. The molecule has 20 heavy (non-hydrogen) atoms. The standard InChI is InChI=1S/C15H11F2NO2/c1-9(19)15-11(16)3-2-4-14(15)20-13-6-5-10(8-18)7-12(13)17/h2-7,9,19H,1H3. The average Bonchev–Trinajstić information content (AvgIpc) is 2.40. The normalized spacial score (nSPS) is 11.8. The molecule has 5 heteroatoms. The van der Waals surface area contributed by atoms with Gasteiger partial charge in [-0.1, -0.05) is 6.07 Å². The van der Waals surface area contributed by atoms with Crippen molar-refractivity contribution < 1.29 is 18.6 Å². The van der Waals surface area contributed by atoms with Crippen molar-refractivity contribution in [1.29, 1.82) is 5.26 Å². The molecule has 0 fully saturated rings. The zero-order valence-electron chi connectivity index (χ0n) is 10.6. The van der Waals surface area contributed by atoms with Gasteiger partial charge in [0.25, 0.3) is 0 Å². The van der Waals surface area contributed by atoms with Crippen LogP contribution in [0.3, 0.4) is 0 Å². The van der Waals surface area contributed by atoms with E-state index in [0.29, 0.717) is 0 Å². The predicted octanol–water partition coefficient (Wildman–Crippen LogP) is 3.68. The molecule has 0 heterocycles. The van der Waals surface area contributed by atoms with Crippen LogP contribution in [0.2, 0.25) is 0 Å². The zero-order chi connectivity index (χ0) is 14.7. The highest BCUT2D eigenvalue weighted by Crippen LogP contribution is 2.32. The largest absolute Gasteiger partial charge is 0.454 e. The summed E-state index contributed by atoms with van der Waals surface area (Å²) in [5.41, 5.74) is 0.112. The molecule has 0 aliphatic rings. The SMILES string of the molecule is CC(O)c1c(F)cccc1Oc1ccc(C#N)cc1F. The van der Waals surface area contributed by atoms with E-state index in [2.05, 4.69) is 0 Å². The smallest absolute Gasteiger partial charge is 0.167 e. The lowest BCUT2D eigenvalue weighted by Gasteiger charge is -2.14. The summed E-state index contributed by atoms with van der Waals surface area (Å²) in [7, 11) is 0. The van der Waals surface area contributed by atoms with Crippen molar-refractivity contribution in [2.45, 2.75) is 13.0 Å². The highest BCUT2D eigenvalue weighted by molar-refractivity contribution is 5.42. The Balaban J connectivity index is 2.41. The fourth-order valence-corrected chi connectivity index (χ4v) is 1.78. The van der Waals surface area contributed by atoms with Crippen molar-refractivity contribution in [1.82, 2.24) is 0 Å². The summed E-state index contributed by atoms with van der Waals surface area (Å²) in [6.07, 6.45) is -1.09. The summed E-state index contributed by atoms with van der Waals surface area (Å²) in [5.74, 6) is -1.48. The van der Waals surface area contributed by atoms with Gasteiger partial charge in [-0.2, -0.15) is 5.26 Å². The molecule has 0 saturated heterocycles. The number of halogens is 2. The van der Waals surface area contributed by atoms with E-state index in [-0.39, 0.29) is 22.6 Å². The predicted molar refractivity (Wildman–Crippen MR) is 68.2 cm³/mol. The molecule has 1 unspecified atom stereocenters. The Labute approximate surface area is 114 Å². The second-order valence-corrected chi connectivity index (χ2v) is 4.19. The summed E-state index contributed by atoms with van der Waals surface area (Å²) in [6, 6.07) is 9.52. The minimum atomic E-state index is -1.09. The van der Waals surface area contributed by atoms with Gasteiger partial charge in [-0.15, -0.1) is 0 Å². The monoisotopic (exact) mass is 275 g/mol. The Morgan fingerprint density at radius 3 is 2.50 bits per heavy atom. The van der Waals surface area contributed by atoms with Crippen LogP contribution in [0, 0.1) is 23.0 Å². The number of hydrogen-bond acceptors (Lipinski definition) is 3. The number of nitriles is 1. The third kappa shape index (κ3) is 2.76. The van der Waals surface area contributed by atoms with E-state index >= 15 is 0 Å². The second-order valence-electron chi connectivity index (χ2n) is 4.19. The number of aliphatic hydroxyl groups excluding tert-OH is 1. The Morgan fingerprint density at radius 2 is 1.90 bits per heavy atom. The number of nitrogens with zero attached hydrogens (tertiary/aromatic N) is 1. The van der Waals surface area contributed by atoms with Crippen LogP contribution in [0.5, 0.6) is 11.5 Å². The molecular formula is C15H11F2NO2. The van der Waals surface area contributed by atoms with Gasteiger partial charge in [-0.25, -0.2) is 8.78 Å². The maximum Gasteiger partial charge on any atom is 0.167 e. The molecule has 0 amide bonds. The van der Waals surface area contributed by atoms with Crippen molar-refractivity contribution in [3.05, 3.63) is 59.2 Å². The molecule has 0 saturated carbocycles. The molecule has 0 aliphatic heterocycles. The molecule has 1 atom stereocenters. The van der Waals surface area contributed by atoms with Gasteiger partial charge in [-0.05, 0) is 37.3 Å². The van der Waals surface area contributed by atoms with Gasteiger partial charge < -0.3 is 9.84 Å². The lowest BCUT2D eigenvalue weighted by Crippen LogP contribution is -2.00. The third-order valence-electron chi connectivity index (χ3n) is 2.71. The van der Waals surface area contributed by atoms with Gasteiger partial charge in [0.2, 0.25) is 0 Å². The molecule has 0 spiro atoms. The number of benzene rings is 2. The number of hydrogen-bond donors (Lipinski definition) is 1. The number of rotatable bonds is 3.